The van der Waals surface area contributed by atoms with Crippen molar-refractivity contribution in [2.75, 3.05) is 13.2 Å². The van der Waals surface area contributed by atoms with Gasteiger partial charge in [-0.25, -0.2) is 0 Å². The van der Waals surface area contributed by atoms with Gasteiger partial charge in [0.15, 0.2) is 0 Å². The summed E-state index contributed by atoms with van der Waals surface area (Å²) < 4.78 is 4.99. The van der Waals surface area contributed by atoms with Crippen molar-refractivity contribution in [1.29, 1.82) is 0 Å². The Balaban J connectivity index is 2.55. The number of rotatable bonds is 6. The van der Waals surface area contributed by atoms with Crippen LogP contribution in [-0.4, -0.2) is 29.3 Å². The second-order valence-electron chi connectivity index (χ2n) is 4.42. The average molecular weight is 240 g/mol. The summed E-state index contributed by atoms with van der Waals surface area (Å²) in [5, 5.41) is 15.4. The molecule has 1 aromatic heterocycles. The van der Waals surface area contributed by atoms with Crippen LogP contribution in [0.1, 0.15) is 49.4 Å². The number of aliphatic hydroxyl groups excluding tert-OH is 1. The van der Waals surface area contributed by atoms with Crippen molar-refractivity contribution in [2.45, 2.75) is 33.1 Å². The van der Waals surface area contributed by atoms with Crippen LogP contribution in [0.25, 0.3) is 0 Å². The summed E-state index contributed by atoms with van der Waals surface area (Å²) in [6.45, 7) is 6.42. The molecular weight excluding hydrogens is 220 g/mol. The summed E-state index contributed by atoms with van der Waals surface area (Å²) in [5.74, 6) is 0.269. The summed E-state index contributed by atoms with van der Waals surface area (Å²) in [6, 6.07) is 1.67. The maximum absolute atomic E-state index is 11.7. The van der Waals surface area contributed by atoms with Crippen LogP contribution in [0.15, 0.2) is 10.6 Å². The highest BCUT2D eigenvalue weighted by atomic mass is 16.5. The van der Waals surface area contributed by atoms with Crippen molar-refractivity contribution >= 4 is 5.91 Å². The van der Waals surface area contributed by atoms with Crippen molar-refractivity contribution in [3.05, 3.63) is 17.5 Å². The maximum Gasteiger partial charge on any atom is 0.289 e. The molecule has 0 aliphatic rings. The maximum atomic E-state index is 11.7. The molecule has 2 N–H and O–H groups in total. The predicted octanol–water partition coefficient (Wildman–Crippen LogP) is 1.55. The van der Waals surface area contributed by atoms with Crippen molar-refractivity contribution < 1.29 is 14.4 Å². The van der Waals surface area contributed by atoms with E-state index in [-0.39, 0.29) is 30.1 Å². The van der Waals surface area contributed by atoms with Gasteiger partial charge in [-0.05, 0) is 12.3 Å². The summed E-state index contributed by atoms with van der Waals surface area (Å²) in [4.78, 5) is 11.7. The highest BCUT2D eigenvalue weighted by Gasteiger charge is 2.16. The molecule has 5 nitrogen and oxygen atoms in total. The molecule has 96 valence electrons. The fraction of sp³-hybridized carbons (Fsp3) is 0.667. The van der Waals surface area contributed by atoms with Crippen LogP contribution in [0.3, 0.4) is 0 Å². The molecule has 0 fully saturated rings. The van der Waals surface area contributed by atoms with Gasteiger partial charge in [-0.3, -0.25) is 4.79 Å². The first-order valence-electron chi connectivity index (χ1n) is 5.94. The van der Waals surface area contributed by atoms with Gasteiger partial charge in [0, 0.05) is 25.1 Å². The molecule has 5 heteroatoms. The number of carbonyl (C=O) groups excluding carboxylic acids is 1. The minimum atomic E-state index is -0.285. The number of aromatic nitrogens is 1. The van der Waals surface area contributed by atoms with E-state index in [1.54, 1.807) is 6.07 Å². The Kier molecular flexibility index (Phi) is 5.15. The second kappa shape index (κ2) is 6.39. The van der Waals surface area contributed by atoms with Crippen LogP contribution < -0.4 is 5.32 Å². The van der Waals surface area contributed by atoms with Crippen LogP contribution in [0.2, 0.25) is 0 Å². The topological polar surface area (TPSA) is 75.4 Å². The van der Waals surface area contributed by atoms with E-state index in [2.05, 4.69) is 17.4 Å². The average Bonchev–Trinajstić information content (AvgIpc) is 2.83. The van der Waals surface area contributed by atoms with Crippen molar-refractivity contribution in [2.24, 2.45) is 5.92 Å². The molecule has 1 rings (SSSR count). The standard InChI is InChI=1S/C12H20N2O3/c1-4-9(3)10-5-11(17-14-10)12(16)13-6-8(2)7-15/h5,8-9,15H,4,6-7H2,1-3H3,(H,13,16). The van der Waals surface area contributed by atoms with Gasteiger partial charge in [0.2, 0.25) is 5.76 Å². The van der Waals surface area contributed by atoms with Gasteiger partial charge >= 0.3 is 0 Å². The van der Waals surface area contributed by atoms with Gasteiger partial charge in [-0.1, -0.05) is 25.9 Å². The Morgan fingerprint density at radius 3 is 2.88 bits per heavy atom. The third-order valence-corrected chi connectivity index (χ3v) is 2.79. The molecule has 0 spiro atoms. The van der Waals surface area contributed by atoms with E-state index in [4.69, 9.17) is 9.63 Å². The molecule has 0 aliphatic carbocycles. The Morgan fingerprint density at radius 2 is 2.29 bits per heavy atom. The first-order valence-corrected chi connectivity index (χ1v) is 5.94. The number of amides is 1. The van der Waals surface area contributed by atoms with Gasteiger partial charge in [-0.15, -0.1) is 0 Å². The lowest BCUT2D eigenvalue weighted by atomic mass is 10.1. The van der Waals surface area contributed by atoms with E-state index in [0.717, 1.165) is 12.1 Å². The zero-order valence-corrected chi connectivity index (χ0v) is 10.6. The van der Waals surface area contributed by atoms with Crippen molar-refractivity contribution in [3.63, 3.8) is 0 Å². The molecule has 1 heterocycles. The van der Waals surface area contributed by atoms with Gasteiger partial charge in [-0.2, -0.15) is 0 Å². The smallest absolute Gasteiger partial charge is 0.289 e. The molecule has 0 aromatic carbocycles. The summed E-state index contributed by atoms with van der Waals surface area (Å²) >= 11 is 0. The van der Waals surface area contributed by atoms with E-state index in [0.29, 0.717) is 6.54 Å². The first-order chi connectivity index (χ1) is 8.08. The number of hydrogen-bond donors (Lipinski definition) is 2. The number of nitrogens with one attached hydrogen (secondary N) is 1. The van der Waals surface area contributed by atoms with Gasteiger partial charge < -0.3 is 14.9 Å². The van der Waals surface area contributed by atoms with Crippen LogP contribution >= 0.6 is 0 Å². The molecule has 0 saturated heterocycles. The molecule has 0 aliphatic heterocycles. The Hall–Kier alpha value is -1.36. The van der Waals surface area contributed by atoms with Gasteiger partial charge in [0.1, 0.15) is 0 Å². The second-order valence-corrected chi connectivity index (χ2v) is 4.42. The largest absolute Gasteiger partial charge is 0.396 e. The van der Waals surface area contributed by atoms with Crippen LogP contribution in [0.4, 0.5) is 0 Å². The molecule has 2 atom stereocenters. The number of nitrogens with zero attached hydrogens (tertiary/aromatic N) is 1. The SMILES string of the molecule is CCC(C)c1cc(C(=O)NCC(C)CO)on1. The molecule has 1 amide bonds. The molecule has 2 unspecified atom stereocenters. The van der Waals surface area contributed by atoms with Crippen LogP contribution in [-0.2, 0) is 0 Å². The molecule has 0 radical (unpaired) electrons. The van der Waals surface area contributed by atoms with E-state index < -0.39 is 0 Å². The van der Waals surface area contributed by atoms with Crippen molar-refractivity contribution in [1.82, 2.24) is 10.5 Å². The Labute approximate surface area is 101 Å². The van der Waals surface area contributed by atoms with E-state index in [9.17, 15) is 4.79 Å². The van der Waals surface area contributed by atoms with Crippen molar-refractivity contribution in [3.8, 4) is 0 Å². The predicted molar refractivity (Wildman–Crippen MR) is 63.8 cm³/mol. The third kappa shape index (κ3) is 3.85. The quantitative estimate of drug-likeness (QED) is 0.791. The van der Waals surface area contributed by atoms with Gasteiger partial charge in [0.05, 0.1) is 5.69 Å². The highest BCUT2D eigenvalue weighted by molar-refractivity contribution is 5.91. The normalized spacial score (nSPS) is 14.4. The first kappa shape index (κ1) is 13.7. The fourth-order valence-electron chi connectivity index (χ4n) is 1.26. The number of aliphatic hydroxyl groups is 1. The number of hydrogen-bond acceptors (Lipinski definition) is 4. The zero-order valence-electron chi connectivity index (χ0n) is 10.6. The minimum Gasteiger partial charge on any atom is -0.396 e. The number of carbonyl (C=O) groups is 1. The lowest BCUT2D eigenvalue weighted by molar-refractivity contribution is 0.0905. The monoisotopic (exact) mass is 240 g/mol. The summed E-state index contributed by atoms with van der Waals surface area (Å²) in [5.41, 5.74) is 0.799. The summed E-state index contributed by atoms with van der Waals surface area (Å²) in [6.07, 6.45) is 0.954. The lowest BCUT2D eigenvalue weighted by Gasteiger charge is -2.07. The molecule has 1 aromatic rings. The molecule has 0 saturated carbocycles. The van der Waals surface area contributed by atoms with E-state index >= 15 is 0 Å². The molecule has 0 bridgehead atoms. The molecular formula is C12H20N2O3. The Bertz CT molecular complexity index is 362. The van der Waals surface area contributed by atoms with Crippen LogP contribution in [0, 0.1) is 5.92 Å². The third-order valence-electron chi connectivity index (χ3n) is 2.79. The van der Waals surface area contributed by atoms with Crippen LogP contribution in [0.5, 0.6) is 0 Å². The zero-order chi connectivity index (χ0) is 12.8. The van der Waals surface area contributed by atoms with E-state index in [1.807, 2.05) is 13.8 Å². The summed E-state index contributed by atoms with van der Waals surface area (Å²) in [7, 11) is 0. The van der Waals surface area contributed by atoms with Gasteiger partial charge in [0.25, 0.3) is 5.91 Å². The minimum absolute atomic E-state index is 0.0379. The lowest BCUT2D eigenvalue weighted by Crippen LogP contribution is -2.29. The fourth-order valence-corrected chi connectivity index (χ4v) is 1.26. The Morgan fingerprint density at radius 1 is 1.59 bits per heavy atom. The molecule has 17 heavy (non-hydrogen) atoms. The van der Waals surface area contributed by atoms with E-state index in [1.165, 1.54) is 0 Å². The highest BCUT2D eigenvalue weighted by Crippen LogP contribution is 2.17.